The summed E-state index contributed by atoms with van der Waals surface area (Å²) < 4.78 is 1.12. The maximum absolute atomic E-state index is 12.8. The van der Waals surface area contributed by atoms with Crippen molar-refractivity contribution in [3.05, 3.63) is 70.1 Å². The van der Waals surface area contributed by atoms with Crippen molar-refractivity contribution in [1.82, 2.24) is 5.32 Å². The molecule has 1 atom stereocenters. The number of hydrogen-bond donors (Lipinski definition) is 2. The third kappa shape index (κ3) is 3.91. The Balaban J connectivity index is 1.99. The lowest BCUT2D eigenvalue weighted by Gasteiger charge is -2.14. The second-order valence-corrected chi connectivity index (χ2v) is 7.38. The third-order valence-corrected chi connectivity index (χ3v) is 5.67. The highest BCUT2D eigenvalue weighted by Gasteiger charge is 2.20. The van der Waals surface area contributed by atoms with E-state index in [0.717, 1.165) is 26.9 Å². The van der Waals surface area contributed by atoms with Gasteiger partial charge in [0.25, 0.3) is 5.91 Å². The lowest BCUT2D eigenvalue weighted by Crippen LogP contribution is -2.36. The van der Waals surface area contributed by atoms with Gasteiger partial charge in [0.1, 0.15) is 0 Å². The minimum absolute atomic E-state index is 0.0412. The summed E-state index contributed by atoms with van der Waals surface area (Å²) in [6.45, 7) is 3.99. The Morgan fingerprint density at radius 3 is 2.56 bits per heavy atom. The summed E-state index contributed by atoms with van der Waals surface area (Å²) in [5.41, 5.74) is 3.48. The first kappa shape index (κ1) is 17.6. The van der Waals surface area contributed by atoms with Crippen LogP contribution in [-0.4, -0.2) is 23.7 Å². The second-order valence-electron chi connectivity index (χ2n) is 6.33. The van der Waals surface area contributed by atoms with E-state index in [1.165, 1.54) is 22.5 Å². The molecule has 0 spiro atoms. The highest BCUT2D eigenvalue weighted by atomic mass is 32.1. The molecule has 0 aliphatic carbocycles. The molecule has 2 N–H and O–H groups in total. The van der Waals surface area contributed by atoms with Crippen molar-refractivity contribution in [2.45, 2.75) is 32.7 Å². The zero-order valence-corrected chi connectivity index (χ0v) is 15.4. The van der Waals surface area contributed by atoms with Crippen molar-refractivity contribution in [2.24, 2.45) is 0 Å². The molecule has 3 rings (SSSR count). The molecule has 1 aromatic heterocycles. The summed E-state index contributed by atoms with van der Waals surface area (Å²) in [4.78, 5) is 13.5. The number of aliphatic hydroxyl groups is 1. The average Bonchev–Trinajstić information content (AvgIpc) is 3.00. The van der Waals surface area contributed by atoms with Gasteiger partial charge in [-0.3, -0.25) is 4.79 Å². The van der Waals surface area contributed by atoms with Crippen LogP contribution in [0.1, 0.15) is 39.7 Å². The van der Waals surface area contributed by atoms with E-state index in [2.05, 4.69) is 48.6 Å². The van der Waals surface area contributed by atoms with Crippen molar-refractivity contribution in [2.75, 3.05) is 6.61 Å². The number of hydrogen-bond acceptors (Lipinski definition) is 3. The summed E-state index contributed by atoms with van der Waals surface area (Å²) in [7, 11) is 0. The first-order chi connectivity index (χ1) is 12.1. The number of rotatable bonds is 6. The molecule has 0 bridgehead atoms. The fourth-order valence-corrected chi connectivity index (χ4v) is 4.02. The molecule has 0 radical (unpaired) electrons. The standard InChI is InChI=1S/C21H23NO2S/c1-3-16(13-23)22-21(24)20-18(12-15-10-8-14(2)9-11-15)17-6-4-5-7-19(17)25-20/h4-11,16,23H,3,12-13H2,1-2H3,(H,22,24). The second kappa shape index (κ2) is 7.81. The van der Waals surface area contributed by atoms with Crippen LogP contribution in [0.2, 0.25) is 0 Å². The van der Waals surface area contributed by atoms with Gasteiger partial charge in [-0.25, -0.2) is 0 Å². The largest absolute Gasteiger partial charge is 0.394 e. The summed E-state index contributed by atoms with van der Waals surface area (Å²) in [5.74, 6) is -0.0933. The van der Waals surface area contributed by atoms with E-state index in [1.54, 1.807) is 0 Å². The van der Waals surface area contributed by atoms with Crippen LogP contribution >= 0.6 is 11.3 Å². The van der Waals surface area contributed by atoms with Crippen molar-refractivity contribution < 1.29 is 9.90 Å². The van der Waals surface area contributed by atoms with Gasteiger partial charge in [-0.15, -0.1) is 11.3 Å². The quantitative estimate of drug-likeness (QED) is 0.694. The van der Waals surface area contributed by atoms with E-state index in [4.69, 9.17) is 0 Å². The van der Waals surface area contributed by atoms with Crippen LogP contribution in [0.3, 0.4) is 0 Å². The molecular weight excluding hydrogens is 330 g/mol. The number of aryl methyl sites for hydroxylation is 1. The first-order valence-electron chi connectivity index (χ1n) is 8.60. The molecule has 4 heteroatoms. The first-order valence-corrected chi connectivity index (χ1v) is 9.41. The van der Waals surface area contributed by atoms with E-state index >= 15 is 0 Å². The highest BCUT2D eigenvalue weighted by molar-refractivity contribution is 7.21. The summed E-state index contributed by atoms with van der Waals surface area (Å²) >= 11 is 1.52. The Hall–Kier alpha value is -2.17. The molecule has 1 amide bonds. The van der Waals surface area contributed by atoms with Crippen LogP contribution in [0.25, 0.3) is 10.1 Å². The van der Waals surface area contributed by atoms with E-state index < -0.39 is 0 Å². The van der Waals surface area contributed by atoms with Crippen LogP contribution in [0.4, 0.5) is 0 Å². The fourth-order valence-electron chi connectivity index (χ4n) is 2.90. The lowest BCUT2D eigenvalue weighted by molar-refractivity contribution is 0.0918. The van der Waals surface area contributed by atoms with Gasteiger partial charge in [-0.1, -0.05) is 55.0 Å². The van der Waals surface area contributed by atoms with Gasteiger partial charge >= 0.3 is 0 Å². The summed E-state index contributed by atoms with van der Waals surface area (Å²) in [6.07, 6.45) is 1.43. The minimum atomic E-state index is -0.204. The van der Waals surface area contributed by atoms with E-state index in [9.17, 15) is 9.90 Å². The number of benzene rings is 2. The van der Waals surface area contributed by atoms with Crippen LogP contribution < -0.4 is 5.32 Å². The fraction of sp³-hybridized carbons (Fsp3) is 0.286. The third-order valence-electron chi connectivity index (χ3n) is 4.45. The van der Waals surface area contributed by atoms with Crippen molar-refractivity contribution in [3.8, 4) is 0 Å². The van der Waals surface area contributed by atoms with Gasteiger partial charge in [0.05, 0.1) is 17.5 Å². The van der Waals surface area contributed by atoms with Gasteiger partial charge in [0.2, 0.25) is 0 Å². The number of thiophene rings is 1. The van der Waals surface area contributed by atoms with Crippen molar-refractivity contribution in [1.29, 1.82) is 0 Å². The molecule has 0 aliphatic rings. The number of carbonyl (C=O) groups excluding carboxylic acids is 1. The SMILES string of the molecule is CCC(CO)NC(=O)c1sc2ccccc2c1Cc1ccc(C)cc1. The number of fused-ring (bicyclic) bond motifs is 1. The average molecular weight is 353 g/mol. The van der Waals surface area contributed by atoms with Crippen LogP contribution in [-0.2, 0) is 6.42 Å². The van der Waals surface area contributed by atoms with Gasteiger partial charge < -0.3 is 10.4 Å². The molecular formula is C21H23NO2S. The van der Waals surface area contributed by atoms with Gasteiger partial charge in [0.15, 0.2) is 0 Å². The lowest BCUT2D eigenvalue weighted by atomic mass is 10.0. The van der Waals surface area contributed by atoms with E-state index in [-0.39, 0.29) is 18.6 Å². The predicted octanol–water partition coefficient (Wildman–Crippen LogP) is 4.30. The Morgan fingerprint density at radius 2 is 1.88 bits per heavy atom. The number of carbonyl (C=O) groups is 1. The zero-order valence-electron chi connectivity index (χ0n) is 14.6. The van der Waals surface area contributed by atoms with Crippen molar-refractivity contribution >= 4 is 27.3 Å². The van der Waals surface area contributed by atoms with E-state index in [1.807, 2.05) is 19.1 Å². The monoisotopic (exact) mass is 353 g/mol. The molecule has 130 valence electrons. The van der Waals surface area contributed by atoms with Crippen molar-refractivity contribution in [3.63, 3.8) is 0 Å². The molecule has 3 aromatic rings. The molecule has 1 heterocycles. The maximum atomic E-state index is 12.8. The smallest absolute Gasteiger partial charge is 0.261 e. The number of amides is 1. The minimum Gasteiger partial charge on any atom is -0.394 e. The molecule has 0 saturated heterocycles. The van der Waals surface area contributed by atoms with Crippen LogP contribution in [0.5, 0.6) is 0 Å². The van der Waals surface area contributed by atoms with Crippen LogP contribution in [0.15, 0.2) is 48.5 Å². The zero-order chi connectivity index (χ0) is 17.8. The van der Waals surface area contributed by atoms with Gasteiger partial charge in [0, 0.05) is 4.70 Å². The summed E-state index contributed by atoms with van der Waals surface area (Å²) in [5, 5.41) is 13.5. The molecule has 3 nitrogen and oxygen atoms in total. The molecule has 25 heavy (non-hydrogen) atoms. The molecule has 0 aliphatic heterocycles. The normalized spacial score (nSPS) is 12.3. The summed E-state index contributed by atoms with van der Waals surface area (Å²) in [6, 6.07) is 16.4. The topological polar surface area (TPSA) is 49.3 Å². The Kier molecular flexibility index (Phi) is 5.51. The molecule has 1 unspecified atom stereocenters. The van der Waals surface area contributed by atoms with Crippen LogP contribution in [0, 0.1) is 6.92 Å². The molecule has 0 fully saturated rings. The van der Waals surface area contributed by atoms with Gasteiger partial charge in [-0.05, 0) is 42.3 Å². The number of nitrogens with one attached hydrogen (secondary N) is 1. The molecule has 0 saturated carbocycles. The highest BCUT2D eigenvalue weighted by Crippen LogP contribution is 2.33. The number of aliphatic hydroxyl groups excluding tert-OH is 1. The Morgan fingerprint density at radius 1 is 1.16 bits per heavy atom. The van der Waals surface area contributed by atoms with Gasteiger partial charge in [-0.2, -0.15) is 0 Å². The predicted molar refractivity (Wildman–Crippen MR) is 104 cm³/mol. The Labute approximate surface area is 152 Å². The van der Waals surface area contributed by atoms with E-state index in [0.29, 0.717) is 6.42 Å². The maximum Gasteiger partial charge on any atom is 0.261 e. The molecule has 2 aromatic carbocycles. The Bertz CT molecular complexity index is 863.